The van der Waals surface area contributed by atoms with Gasteiger partial charge in [0.15, 0.2) is 0 Å². The van der Waals surface area contributed by atoms with Gasteiger partial charge < -0.3 is 5.11 Å². The third kappa shape index (κ3) is 1.73. The molecule has 0 radical (unpaired) electrons. The van der Waals surface area contributed by atoms with E-state index in [0.717, 1.165) is 22.3 Å². The number of hydrogen-bond donors (Lipinski definition) is 1. The number of benzene rings is 1. The van der Waals surface area contributed by atoms with E-state index >= 15 is 0 Å². The molecule has 0 aliphatic heterocycles. The highest BCUT2D eigenvalue weighted by atomic mass is 16.3. The Balaban J connectivity index is 2.55. The molecule has 3 heteroatoms. The Bertz CT molecular complexity index is 477. The van der Waals surface area contributed by atoms with Crippen LogP contribution in [0.25, 0.3) is 11.1 Å². The molecule has 3 nitrogen and oxygen atoms in total. The zero-order valence-electron chi connectivity index (χ0n) is 9.15. The van der Waals surface area contributed by atoms with Gasteiger partial charge in [0.25, 0.3) is 0 Å². The first-order chi connectivity index (χ1) is 7.08. The average molecular weight is 202 g/mol. The van der Waals surface area contributed by atoms with Gasteiger partial charge in [-0.3, -0.25) is 4.68 Å². The van der Waals surface area contributed by atoms with Gasteiger partial charge in [-0.25, -0.2) is 0 Å². The number of aromatic nitrogens is 2. The fraction of sp³-hybridized carbons (Fsp3) is 0.250. The summed E-state index contributed by atoms with van der Waals surface area (Å²) < 4.78 is 1.75. The van der Waals surface area contributed by atoms with E-state index in [1.807, 2.05) is 27.1 Å². The molecule has 0 fully saturated rings. The number of aromatic hydroxyl groups is 1. The molecule has 0 atom stereocenters. The Kier molecular flexibility index (Phi) is 2.23. The van der Waals surface area contributed by atoms with Crippen molar-refractivity contribution < 1.29 is 5.11 Å². The maximum absolute atomic E-state index is 9.72. The smallest absolute Gasteiger partial charge is 0.119 e. The van der Waals surface area contributed by atoms with Gasteiger partial charge in [-0.15, -0.1) is 0 Å². The molecule has 0 aliphatic carbocycles. The van der Waals surface area contributed by atoms with Crippen molar-refractivity contribution in [3.63, 3.8) is 0 Å². The molecule has 0 bridgehead atoms. The SMILES string of the molecule is Cc1cc(-c2cnn(C)c2)cc(O)c1C. The summed E-state index contributed by atoms with van der Waals surface area (Å²) >= 11 is 0. The van der Waals surface area contributed by atoms with Gasteiger partial charge >= 0.3 is 0 Å². The minimum atomic E-state index is 0.342. The van der Waals surface area contributed by atoms with E-state index in [4.69, 9.17) is 0 Å². The standard InChI is InChI=1S/C12H14N2O/c1-8-4-10(5-12(15)9(8)2)11-6-13-14(3)7-11/h4-7,15H,1-3H3. The van der Waals surface area contributed by atoms with Crippen LogP contribution in [0.15, 0.2) is 24.5 Å². The summed E-state index contributed by atoms with van der Waals surface area (Å²) in [5.41, 5.74) is 4.05. The summed E-state index contributed by atoms with van der Waals surface area (Å²) in [7, 11) is 1.88. The fourth-order valence-corrected chi connectivity index (χ4v) is 1.58. The first kappa shape index (κ1) is 9.77. The summed E-state index contributed by atoms with van der Waals surface area (Å²) in [6.45, 7) is 3.91. The van der Waals surface area contributed by atoms with Crippen LogP contribution in [0.5, 0.6) is 5.75 Å². The Labute approximate surface area is 89.0 Å². The van der Waals surface area contributed by atoms with E-state index in [0.29, 0.717) is 5.75 Å². The molecule has 78 valence electrons. The van der Waals surface area contributed by atoms with Crippen molar-refractivity contribution in [2.45, 2.75) is 13.8 Å². The van der Waals surface area contributed by atoms with Gasteiger partial charge in [0.2, 0.25) is 0 Å². The molecule has 0 unspecified atom stereocenters. The third-order valence-corrected chi connectivity index (χ3v) is 2.68. The molecule has 2 aromatic rings. The van der Waals surface area contributed by atoms with Crippen LogP contribution in [0.2, 0.25) is 0 Å². The van der Waals surface area contributed by atoms with Crippen LogP contribution in [0.3, 0.4) is 0 Å². The van der Waals surface area contributed by atoms with E-state index in [1.54, 1.807) is 16.9 Å². The molecule has 1 aromatic carbocycles. The van der Waals surface area contributed by atoms with Crippen molar-refractivity contribution in [3.8, 4) is 16.9 Å². The molecular formula is C12H14N2O. The lowest BCUT2D eigenvalue weighted by atomic mass is 10.0. The van der Waals surface area contributed by atoms with Crippen molar-refractivity contribution in [3.05, 3.63) is 35.7 Å². The lowest BCUT2D eigenvalue weighted by molar-refractivity contribution is 0.471. The number of phenols is 1. The highest BCUT2D eigenvalue weighted by molar-refractivity contribution is 5.66. The Morgan fingerprint density at radius 1 is 1.20 bits per heavy atom. The highest BCUT2D eigenvalue weighted by Crippen LogP contribution is 2.28. The molecule has 0 aliphatic rings. The lowest BCUT2D eigenvalue weighted by Crippen LogP contribution is -1.85. The Hall–Kier alpha value is -1.77. The van der Waals surface area contributed by atoms with Crippen LogP contribution in [0.1, 0.15) is 11.1 Å². The van der Waals surface area contributed by atoms with E-state index in [-0.39, 0.29) is 0 Å². The minimum absolute atomic E-state index is 0.342. The molecule has 0 spiro atoms. The largest absolute Gasteiger partial charge is 0.508 e. The summed E-state index contributed by atoms with van der Waals surface area (Å²) in [5.74, 6) is 0.342. The third-order valence-electron chi connectivity index (χ3n) is 2.68. The first-order valence-electron chi connectivity index (χ1n) is 4.87. The molecule has 1 heterocycles. The van der Waals surface area contributed by atoms with E-state index in [2.05, 4.69) is 11.2 Å². The molecule has 0 amide bonds. The second-order valence-electron chi connectivity index (χ2n) is 3.84. The quantitative estimate of drug-likeness (QED) is 0.771. The molecular weight excluding hydrogens is 188 g/mol. The van der Waals surface area contributed by atoms with Crippen molar-refractivity contribution in [1.29, 1.82) is 0 Å². The van der Waals surface area contributed by atoms with Crippen LogP contribution in [-0.4, -0.2) is 14.9 Å². The normalized spacial score (nSPS) is 10.6. The van der Waals surface area contributed by atoms with Crippen molar-refractivity contribution in [2.75, 3.05) is 0 Å². The summed E-state index contributed by atoms with van der Waals surface area (Å²) in [5, 5.41) is 13.8. The van der Waals surface area contributed by atoms with Gasteiger partial charge in [0, 0.05) is 18.8 Å². The predicted octanol–water partition coefficient (Wildman–Crippen LogP) is 2.41. The Morgan fingerprint density at radius 2 is 1.93 bits per heavy atom. The van der Waals surface area contributed by atoms with Gasteiger partial charge in [-0.05, 0) is 36.6 Å². The van der Waals surface area contributed by atoms with E-state index in [1.165, 1.54) is 0 Å². The summed E-state index contributed by atoms with van der Waals surface area (Å²) in [4.78, 5) is 0. The van der Waals surface area contributed by atoms with Crippen LogP contribution in [-0.2, 0) is 7.05 Å². The molecule has 1 N–H and O–H groups in total. The predicted molar refractivity (Wildman–Crippen MR) is 59.8 cm³/mol. The lowest BCUT2D eigenvalue weighted by Gasteiger charge is -2.06. The van der Waals surface area contributed by atoms with E-state index in [9.17, 15) is 5.11 Å². The summed E-state index contributed by atoms with van der Waals surface area (Å²) in [6, 6.07) is 3.84. The van der Waals surface area contributed by atoms with Crippen LogP contribution in [0.4, 0.5) is 0 Å². The van der Waals surface area contributed by atoms with E-state index < -0.39 is 0 Å². The zero-order chi connectivity index (χ0) is 11.0. The monoisotopic (exact) mass is 202 g/mol. The van der Waals surface area contributed by atoms with Crippen molar-refractivity contribution >= 4 is 0 Å². The number of phenolic OH excluding ortho intramolecular Hbond substituents is 1. The molecule has 0 saturated heterocycles. The van der Waals surface area contributed by atoms with Gasteiger partial charge in [-0.1, -0.05) is 6.07 Å². The van der Waals surface area contributed by atoms with Gasteiger partial charge in [0.05, 0.1) is 6.20 Å². The van der Waals surface area contributed by atoms with Gasteiger partial charge in [0.1, 0.15) is 5.75 Å². The molecule has 0 saturated carbocycles. The van der Waals surface area contributed by atoms with Crippen LogP contribution in [0, 0.1) is 13.8 Å². The first-order valence-corrected chi connectivity index (χ1v) is 4.87. The van der Waals surface area contributed by atoms with Crippen LogP contribution >= 0.6 is 0 Å². The molecule has 1 aromatic heterocycles. The number of hydrogen-bond acceptors (Lipinski definition) is 2. The zero-order valence-corrected chi connectivity index (χ0v) is 9.15. The fourth-order valence-electron chi connectivity index (χ4n) is 1.58. The van der Waals surface area contributed by atoms with Crippen molar-refractivity contribution in [2.24, 2.45) is 7.05 Å². The highest BCUT2D eigenvalue weighted by Gasteiger charge is 2.06. The number of aryl methyl sites for hydroxylation is 2. The molecule has 2 rings (SSSR count). The molecule has 15 heavy (non-hydrogen) atoms. The Morgan fingerprint density at radius 3 is 2.47 bits per heavy atom. The van der Waals surface area contributed by atoms with Crippen molar-refractivity contribution in [1.82, 2.24) is 9.78 Å². The van der Waals surface area contributed by atoms with Crippen LogP contribution < -0.4 is 0 Å². The van der Waals surface area contributed by atoms with Gasteiger partial charge in [-0.2, -0.15) is 5.10 Å². The maximum Gasteiger partial charge on any atom is 0.119 e. The second-order valence-corrected chi connectivity index (χ2v) is 3.84. The maximum atomic E-state index is 9.72. The summed E-state index contributed by atoms with van der Waals surface area (Å²) in [6.07, 6.45) is 3.73. The topological polar surface area (TPSA) is 38.0 Å². The minimum Gasteiger partial charge on any atom is -0.508 e. The number of nitrogens with zero attached hydrogens (tertiary/aromatic N) is 2. The second kappa shape index (κ2) is 3.42. The number of rotatable bonds is 1. The average Bonchev–Trinajstić information content (AvgIpc) is 2.60.